The highest BCUT2D eigenvalue weighted by Gasteiger charge is 2.30. The van der Waals surface area contributed by atoms with Gasteiger partial charge in [-0.25, -0.2) is 13.2 Å². The van der Waals surface area contributed by atoms with Crippen LogP contribution in [0.15, 0.2) is 16.3 Å². The molecule has 100 valence electrons. The molecule has 6 nitrogen and oxygen atoms in total. The summed E-state index contributed by atoms with van der Waals surface area (Å²) in [4.78, 5) is 10.7. The Morgan fingerprint density at radius 3 is 2.78 bits per heavy atom. The molecule has 2 rings (SSSR count). The minimum absolute atomic E-state index is 0.00821. The van der Waals surface area contributed by atoms with Crippen molar-refractivity contribution in [1.82, 2.24) is 4.31 Å². The molecule has 1 atom stereocenters. The zero-order valence-electron chi connectivity index (χ0n) is 9.44. The summed E-state index contributed by atoms with van der Waals surface area (Å²) in [5, 5.41) is 19.6. The third-order valence-corrected chi connectivity index (χ3v) is 5.69. The van der Waals surface area contributed by atoms with Crippen molar-refractivity contribution in [2.45, 2.75) is 23.8 Å². The number of hydrogen-bond donors (Lipinski definition) is 2. The van der Waals surface area contributed by atoms with Gasteiger partial charge < -0.3 is 10.2 Å². The van der Waals surface area contributed by atoms with E-state index in [2.05, 4.69) is 0 Å². The third kappa shape index (κ3) is 2.56. The van der Waals surface area contributed by atoms with E-state index >= 15 is 0 Å². The predicted molar refractivity (Wildman–Crippen MR) is 65.3 cm³/mol. The van der Waals surface area contributed by atoms with E-state index in [1.807, 2.05) is 0 Å². The van der Waals surface area contributed by atoms with Gasteiger partial charge in [0, 0.05) is 18.5 Å². The van der Waals surface area contributed by atoms with Crippen molar-refractivity contribution in [2.24, 2.45) is 0 Å². The molecule has 1 saturated heterocycles. The van der Waals surface area contributed by atoms with Crippen LogP contribution in [0.25, 0.3) is 0 Å². The SMILES string of the molecule is O=C(O)c1cc(S(=O)(=O)N2CCCC(O)C2)cs1. The number of aliphatic hydroxyl groups excluding tert-OH is 1. The Labute approximate surface area is 109 Å². The summed E-state index contributed by atoms with van der Waals surface area (Å²) in [6.07, 6.45) is 0.554. The fourth-order valence-corrected chi connectivity index (χ4v) is 4.47. The molecule has 0 saturated carbocycles. The van der Waals surface area contributed by atoms with Gasteiger partial charge in [-0.15, -0.1) is 11.3 Å². The molecule has 1 unspecified atom stereocenters. The Morgan fingerprint density at radius 2 is 2.22 bits per heavy atom. The number of aliphatic hydroxyl groups is 1. The summed E-state index contributed by atoms with van der Waals surface area (Å²) in [5.41, 5.74) is 0. The largest absolute Gasteiger partial charge is 0.477 e. The molecule has 2 N–H and O–H groups in total. The second kappa shape index (κ2) is 4.96. The van der Waals surface area contributed by atoms with Gasteiger partial charge in [0.25, 0.3) is 0 Å². The first-order chi connectivity index (χ1) is 8.41. The van der Waals surface area contributed by atoms with Crippen LogP contribution in [0.4, 0.5) is 0 Å². The lowest BCUT2D eigenvalue weighted by Crippen LogP contribution is -2.41. The Bertz CT molecular complexity index is 550. The van der Waals surface area contributed by atoms with Crippen molar-refractivity contribution >= 4 is 27.3 Å². The second-order valence-corrected chi connectivity index (χ2v) is 6.96. The molecule has 1 aromatic rings. The molecule has 1 aliphatic heterocycles. The maximum atomic E-state index is 12.2. The molecule has 0 radical (unpaired) electrons. The van der Waals surface area contributed by atoms with Gasteiger partial charge in [0.15, 0.2) is 0 Å². The summed E-state index contributed by atoms with van der Waals surface area (Å²) >= 11 is 0.881. The van der Waals surface area contributed by atoms with Crippen LogP contribution < -0.4 is 0 Å². The first-order valence-corrected chi connectivity index (χ1v) is 7.73. The minimum atomic E-state index is -3.69. The highest BCUT2D eigenvalue weighted by Crippen LogP contribution is 2.25. The van der Waals surface area contributed by atoms with Crippen molar-refractivity contribution in [1.29, 1.82) is 0 Å². The fourth-order valence-electron chi connectivity index (χ4n) is 1.85. The van der Waals surface area contributed by atoms with E-state index in [0.717, 1.165) is 17.4 Å². The lowest BCUT2D eigenvalue weighted by molar-refractivity contribution is 0.0702. The lowest BCUT2D eigenvalue weighted by atomic mass is 10.1. The van der Waals surface area contributed by atoms with Gasteiger partial charge >= 0.3 is 5.97 Å². The molecule has 0 amide bonds. The fraction of sp³-hybridized carbons (Fsp3) is 0.500. The average Bonchev–Trinajstić information content (AvgIpc) is 2.79. The summed E-state index contributed by atoms with van der Waals surface area (Å²) in [6.45, 7) is 0.429. The van der Waals surface area contributed by atoms with Gasteiger partial charge in [-0.2, -0.15) is 4.31 Å². The maximum Gasteiger partial charge on any atom is 0.345 e. The summed E-state index contributed by atoms with van der Waals surface area (Å²) in [5.74, 6) is -1.14. The minimum Gasteiger partial charge on any atom is -0.477 e. The van der Waals surface area contributed by atoms with Crippen LogP contribution in [-0.4, -0.2) is 48.1 Å². The van der Waals surface area contributed by atoms with E-state index in [1.165, 1.54) is 9.69 Å². The molecule has 1 aliphatic rings. The number of carboxylic acid groups (broad SMARTS) is 1. The Balaban J connectivity index is 2.26. The average molecular weight is 291 g/mol. The summed E-state index contributed by atoms with van der Waals surface area (Å²) in [6, 6.07) is 1.16. The monoisotopic (exact) mass is 291 g/mol. The molecule has 2 heterocycles. The molecule has 0 spiro atoms. The second-order valence-electron chi connectivity index (χ2n) is 4.11. The number of piperidine rings is 1. The Morgan fingerprint density at radius 1 is 1.50 bits per heavy atom. The number of rotatable bonds is 3. The van der Waals surface area contributed by atoms with E-state index in [0.29, 0.717) is 19.4 Å². The highest BCUT2D eigenvalue weighted by molar-refractivity contribution is 7.89. The molecule has 8 heteroatoms. The van der Waals surface area contributed by atoms with Crippen LogP contribution in [0.1, 0.15) is 22.5 Å². The Hall–Kier alpha value is -0.960. The van der Waals surface area contributed by atoms with Crippen LogP contribution in [-0.2, 0) is 10.0 Å². The topological polar surface area (TPSA) is 94.9 Å². The number of nitrogens with zero attached hydrogens (tertiary/aromatic N) is 1. The summed E-state index contributed by atoms with van der Waals surface area (Å²) < 4.78 is 25.6. The van der Waals surface area contributed by atoms with Crippen molar-refractivity contribution in [2.75, 3.05) is 13.1 Å². The predicted octanol–water partition coefficient (Wildman–Crippen LogP) is 0.592. The van der Waals surface area contributed by atoms with Gasteiger partial charge in [0.1, 0.15) is 4.88 Å². The number of sulfonamides is 1. The number of hydrogen-bond acceptors (Lipinski definition) is 5. The van der Waals surface area contributed by atoms with E-state index in [4.69, 9.17) is 5.11 Å². The maximum absolute atomic E-state index is 12.2. The van der Waals surface area contributed by atoms with Gasteiger partial charge in [0.05, 0.1) is 11.0 Å². The quantitative estimate of drug-likeness (QED) is 0.850. The third-order valence-electron chi connectivity index (χ3n) is 2.78. The first-order valence-electron chi connectivity index (χ1n) is 5.41. The number of carbonyl (C=O) groups is 1. The number of aromatic carboxylic acids is 1. The molecule has 0 aromatic carbocycles. The van der Waals surface area contributed by atoms with Crippen LogP contribution >= 0.6 is 11.3 Å². The standard InChI is InChI=1S/C10H13NO5S2/c12-7-2-1-3-11(5-7)18(15,16)8-4-9(10(13)14)17-6-8/h4,6-7,12H,1-3,5H2,(H,13,14). The van der Waals surface area contributed by atoms with Crippen LogP contribution in [0.3, 0.4) is 0 Å². The number of β-amino-alcohol motifs (C(OH)–C–C–N with tert-alkyl or cyclic N) is 1. The van der Waals surface area contributed by atoms with E-state index in [-0.39, 0.29) is 16.3 Å². The number of thiophene rings is 1. The molecule has 0 aliphatic carbocycles. The lowest BCUT2D eigenvalue weighted by Gasteiger charge is -2.28. The summed E-state index contributed by atoms with van der Waals surface area (Å²) in [7, 11) is -3.69. The molecule has 1 aromatic heterocycles. The van der Waals surface area contributed by atoms with Gasteiger partial charge in [0.2, 0.25) is 10.0 Å². The van der Waals surface area contributed by atoms with Gasteiger partial charge in [-0.3, -0.25) is 0 Å². The van der Waals surface area contributed by atoms with E-state index in [1.54, 1.807) is 0 Å². The number of carboxylic acids is 1. The molecule has 1 fully saturated rings. The molecule has 0 bridgehead atoms. The smallest absolute Gasteiger partial charge is 0.345 e. The zero-order valence-corrected chi connectivity index (χ0v) is 11.1. The van der Waals surface area contributed by atoms with Crippen LogP contribution in [0, 0.1) is 0 Å². The van der Waals surface area contributed by atoms with Crippen LogP contribution in [0.2, 0.25) is 0 Å². The van der Waals surface area contributed by atoms with Crippen molar-refractivity contribution in [3.63, 3.8) is 0 Å². The van der Waals surface area contributed by atoms with Crippen molar-refractivity contribution < 1.29 is 23.4 Å². The van der Waals surface area contributed by atoms with Crippen LogP contribution in [0.5, 0.6) is 0 Å². The molecular weight excluding hydrogens is 278 g/mol. The van der Waals surface area contributed by atoms with Gasteiger partial charge in [-0.1, -0.05) is 0 Å². The molecular formula is C10H13NO5S2. The van der Waals surface area contributed by atoms with Crippen molar-refractivity contribution in [3.8, 4) is 0 Å². The van der Waals surface area contributed by atoms with E-state index < -0.39 is 22.1 Å². The normalized spacial score (nSPS) is 21.9. The molecule has 18 heavy (non-hydrogen) atoms. The van der Waals surface area contributed by atoms with E-state index in [9.17, 15) is 18.3 Å². The van der Waals surface area contributed by atoms with Crippen molar-refractivity contribution in [3.05, 3.63) is 16.3 Å². The first kappa shape index (κ1) is 13.5. The zero-order chi connectivity index (χ0) is 13.3. The van der Waals surface area contributed by atoms with Gasteiger partial charge in [-0.05, 0) is 18.9 Å². The Kier molecular flexibility index (Phi) is 3.71. The highest BCUT2D eigenvalue weighted by atomic mass is 32.2.